The molecule has 1 heterocycles. The minimum Gasteiger partial charge on any atom is -0.396 e. The minimum absolute atomic E-state index is 0.0869. The number of carbonyl (C=O) groups is 3. The molecule has 1 aliphatic heterocycles. The summed E-state index contributed by atoms with van der Waals surface area (Å²) in [5, 5.41) is 11.5. The van der Waals surface area contributed by atoms with E-state index in [0.29, 0.717) is 12.1 Å². The number of nitrogens with one attached hydrogen (secondary N) is 1. The molecule has 1 fully saturated rings. The first-order valence-corrected chi connectivity index (χ1v) is 6.93. The van der Waals surface area contributed by atoms with Crippen molar-refractivity contribution in [3.63, 3.8) is 0 Å². The Balaban J connectivity index is 1.81. The Kier molecular flexibility index (Phi) is 5.05. The molecule has 1 aromatic rings. The summed E-state index contributed by atoms with van der Waals surface area (Å²) in [6.07, 6.45) is 1.16. The molecule has 21 heavy (non-hydrogen) atoms. The van der Waals surface area contributed by atoms with Crippen molar-refractivity contribution in [3.8, 4) is 0 Å². The van der Waals surface area contributed by atoms with Crippen LogP contribution in [0.15, 0.2) is 24.3 Å². The van der Waals surface area contributed by atoms with Crippen molar-refractivity contribution in [1.82, 2.24) is 4.90 Å². The van der Waals surface area contributed by atoms with Gasteiger partial charge in [-0.25, -0.2) is 0 Å². The van der Waals surface area contributed by atoms with Crippen LogP contribution in [0.25, 0.3) is 0 Å². The normalized spacial score (nSPS) is 14.6. The van der Waals surface area contributed by atoms with Crippen molar-refractivity contribution in [2.45, 2.75) is 25.7 Å². The van der Waals surface area contributed by atoms with Gasteiger partial charge in [0.05, 0.1) is 0 Å². The van der Waals surface area contributed by atoms with Crippen LogP contribution >= 0.6 is 0 Å². The van der Waals surface area contributed by atoms with E-state index in [1.807, 2.05) is 12.1 Å². The molecule has 6 heteroatoms. The summed E-state index contributed by atoms with van der Waals surface area (Å²) >= 11 is 0. The Morgan fingerprint density at radius 1 is 1.14 bits per heavy atom. The number of aliphatic hydroxyl groups is 1. The Labute approximate surface area is 122 Å². The van der Waals surface area contributed by atoms with E-state index in [-0.39, 0.29) is 50.1 Å². The van der Waals surface area contributed by atoms with Gasteiger partial charge in [0.15, 0.2) is 0 Å². The lowest BCUT2D eigenvalue weighted by atomic mass is 10.1. The van der Waals surface area contributed by atoms with Crippen LogP contribution in [0.5, 0.6) is 0 Å². The lowest BCUT2D eigenvalue weighted by molar-refractivity contribution is -0.138. The van der Waals surface area contributed by atoms with E-state index < -0.39 is 0 Å². The summed E-state index contributed by atoms with van der Waals surface area (Å²) in [5.74, 6) is -0.653. The number of anilines is 1. The number of likely N-dealkylation sites (tertiary alicyclic amines) is 1. The van der Waals surface area contributed by atoms with E-state index in [2.05, 4.69) is 5.32 Å². The maximum Gasteiger partial charge on any atom is 0.229 e. The number of hydrogen-bond donors (Lipinski definition) is 2. The third-order valence-corrected chi connectivity index (χ3v) is 3.36. The average Bonchev–Trinajstić information content (AvgIpc) is 2.78. The molecule has 2 rings (SSSR count). The zero-order valence-electron chi connectivity index (χ0n) is 11.7. The van der Waals surface area contributed by atoms with E-state index >= 15 is 0 Å². The van der Waals surface area contributed by atoms with E-state index in [1.54, 1.807) is 12.1 Å². The van der Waals surface area contributed by atoms with Gasteiger partial charge in [0.2, 0.25) is 17.7 Å². The zero-order valence-corrected chi connectivity index (χ0v) is 11.7. The first kappa shape index (κ1) is 15.2. The van der Waals surface area contributed by atoms with Crippen molar-refractivity contribution in [2.24, 2.45) is 0 Å². The van der Waals surface area contributed by atoms with E-state index in [4.69, 9.17) is 5.11 Å². The number of rotatable bonds is 6. The van der Waals surface area contributed by atoms with Crippen LogP contribution in [0.4, 0.5) is 5.69 Å². The van der Waals surface area contributed by atoms with Crippen molar-refractivity contribution in [1.29, 1.82) is 0 Å². The molecule has 0 aliphatic carbocycles. The molecule has 0 saturated carbocycles. The average molecular weight is 290 g/mol. The predicted molar refractivity (Wildman–Crippen MR) is 76.4 cm³/mol. The van der Waals surface area contributed by atoms with Crippen LogP contribution < -0.4 is 5.32 Å². The first-order valence-electron chi connectivity index (χ1n) is 6.93. The second-order valence-electron chi connectivity index (χ2n) is 4.91. The fourth-order valence-corrected chi connectivity index (χ4v) is 2.19. The molecule has 1 aliphatic rings. The van der Waals surface area contributed by atoms with Crippen LogP contribution in [0.2, 0.25) is 0 Å². The highest BCUT2D eigenvalue weighted by Gasteiger charge is 2.28. The smallest absolute Gasteiger partial charge is 0.229 e. The molecule has 0 aromatic heterocycles. The molecule has 2 N–H and O–H groups in total. The van der Waals surface area contributed by atoms with Crippen molar-refractivity contribution >= 4 is 23.4 Å². The highest BCUT2D eigenvalue weighted by Crippen LogP contribution is 2.13. The van der Waals surface area contributed by atoms with E-state index in [9.17, 15) is 14.4 Å². The van der Waals surface area contributed by atoms with Crippen LogP contribution in [0, 0.1) is 0 Å². The number of amides is 3. The third-order valence-electron chi connectivity index (χ3n) is 3.36. The molecule has 1 aromatic carbocycles. The summed E-state index contributed by atoms with van der Waals surface area (Å²) in [6, 6.07) is 7.18. The van der Waals surface area contributed by atoms with Gasteiger partial charge in [-0.2, -0.15) is 0 Å². The Morgan fingerprint density at radius 2 is 1.76 bits per heavy atom. The molecule has 6 nitrogen and oxygen atoms in total. The highest BCUT2D eigenvalue weighted by molar-refractivity contribution is 6.02. The molecular weight excluding hydrogens is 272 g/mol. The van der Waals surface area contributed by atoms with Gasteiger partial charge < -0.3 is 10.4 Å². The largest absolute Gasteiger partial charge is 0.396 e. The van der Waals surface area contributed by atoms with Gasteiger partial charge in [0, 0.05) is 38.1 Å². The number of imide groups is 1. The Hall–Kier alpha value is -2.21. The molecule has 0 bridgehead atoms. The van der Waals surface area contributed by atoms with Crippen molar-refractivity contribution in [2.75, 3.05) is 18.5 Å². The van der Waals surface area contributed by atoms with Gasteiger partial charge >= 0.3 is 0 Å². The standard InChI is InChI=1S/C15H18N2O4/c18-10-8-11-1-3-12(4-2-11)16-13(19)7-9-17-14(20)5-6-15(17)21/h1-4,18H,5-10H2,(H,16,19). The Bertz CT molecular complexity index is 523. The Morgan fingerprint density at radius 3 is 2.33 bits per heavy atom. The van der Waals surface area contributed by atoms with Gasteiger partial charge in [-0.1, -0.05) is 12.1 Å². The molecule has 0 spiro atoms. The van der Waals surface area contributed by atoms with Crippen molar-refractivity contribution < 1.29 is 19.5 Å². The van der Waals surface area contributed by atoms with Gasteiger partial charge in [0.1, 0.15) is 0 Å². The second-order valence-corrected chi connectivity index (χ2v) is 4.91. The number of carbonyl (C=O) groups excluding carboxylic acids is 3. The van der Waals surface area contributed by atoms with Crippen LogP contribution in [0.3, 0.4) is 0 Å². The quantitative estimate of drug-likeness (QED) is 0.755. The number of benzene rings is 1. The van der Waals surface area contributed by atoms with Gasteiger partial charge in [-0.05, 0) is 24.1 Å². The topological polar surface area (TPSA) is 86.7 Å². The van der Waals surface area contributed by atoms with Gasteiger partial charge in [-0.3, -0.25) is 19.3 Å². The summed E-state index contributed by atoms with van der Waals surface area (Å²) < 4.78 is 0. The monoisotopic (exact) mass is 290 g/mol. The maximum absolute atomic E-state index is 11.8. The molecule has 0 unspecified atom stereocenters. The molecule has 3 amide bonds. The number of aliphatic hydroxyl groups excluding tert-OH is 1. The number of nitrogens with zero attached hydrogens (tertiary/aromatic N) is 1. The second kappa shape index (κ2) is 6.99. The molecular formula is C15H18N2O4. The predicted octanol–water partition coefficient (Wildman–Crippen LogP) is 0.699. The summed E-state index contributed by atoms with van der Waals surface area (Å²) in [5.41, 5.74) is 1.64. The first-order chi connectivity index (χ1) is 10.1. The SMILES string of the molecule is O=C(CCN1C(=O)CCC1=O)Nc1ccc(CCO)cc1. The molecule has 1 saturated heterocycles. The molecule has 112 valence electrons. The summed E-state index contributed by atoms with van der Waals surface area (Å²) in [6.45, 7) is 0.218. The fraction of sp³-hybridized carbons (Fsp3) is 0.400. The van der Waals surface area contributed by atoms with E-state index in [0.717, 1.165) is 10.5 Å². The van der Waals surface area contributed by atoms with Gasteiger partial charge in [-0.15, -0.1) is 0 Å². The fourth-order valence-electron chi connectivity index (χ4n) is 2.19. The summed E-state index contributed by atoms with van der Waals surface area (Å²) in [4.78, 5) is 35.8. The lowest BCUT2D eigenvalue weighted by Crippen LogP contribution is -2.32. The molecule has 0 radical (unpaired) electrons. The maximum atomic E-state index is 11.8. The zero-order chi connectivity index (χ0) is 15.2. The van der Waals surface area contributed by atoms with Crippen molar-refractivity contribution in [3.05, 3.63) is 29.8 Å². The van der Waals surface area contributed by atoms with Crippen LogP contribution in [0.1, 0.15) is 24.8 Å². The lowest BCUT2D eigenvalue weighted by Gasteiger charge is -2.13. The van der Waals surface area contributed by atoms with Crippen LogP contribution in [-0.2, 0) is 20.8 Å². The highest BCUT2D eigenvalue weighted by atomic mass is 16.3. The third kappa shape index (κ3) is 4.13. The van der Waals surface area contributed by atoms with E-state index in [1.165, 1.54) is 0 Å². The minimum atomic E-state index is -0.239. The summed E-state index contributed by atoms with van der Waals surface area (Å²) in [7, 11) is 0. The number of hydrogen-bond acceptors (Lipinski definition) is 4. The van der Waals surface area contributed by atoms with Crippen LogP contribution in [-0.4, -0.2) is 40.9 Å². The van der Waals surface area contributed by atoms with Gasteiger partial charge in [0.25, 0.3) is 0 Å². The molecule has 0 atom stereocenters.